The van der Waals surface area contributed by atoms with E-state index in [2.05, 4.69) is 20.8 Å². The van der Waals surface area contributed by atoms with E-state index in [1.807, 2.05) is 0 Å². The first kappa shape index (κ1) is 8.53. The Kier molecular flexibility index (Phi) is 4.71. The largest absolute Gasteiger partial charge is 0.216 e. The highest BCUT2D eigenvalue weighted by molar-refractivity contribution is 6.11. The molecule has 0 aliphatic carbocycles. The van der Waals surface area contributed by atoms with Crippen molar-refractivity contribution in [3.8, 4) is 0 Å². The molecule has 0 aromatic heterocycles. The van der Waals surface area contributed by atoms with Crippen LogP contribution in [0.25, 0.3) is 0 Å². The molecule has 0 nitrogen and oxygen atoms in total. The molecule has 0 amide bonds. The van der Waals surface area contributed by atoms with Gasteiger partial charge in [0, 0.05) is 0 Å². The van der Waals surface area contributed by atoms with Gasteiger partial charge in [-0.3, -0.25) is 0 Å². The molecular formula is C7H17Al. The molecule has 0 saturated carbocycles. The van der Waals surface area contributed by atoms with Crippen molar-refractivity contribution in [2.75, 3.05) is 0 Å². The van der Waals surface area contributed by atoms with Crippen LogP contribution in [-0.2, 0) is 0 Å². The van der Waals surface area contributed by atoms with E-state index in [1.54, 1.807) is 0 Å². The van der Waals surface area contributed by atoms with E-state index in [0.717, 1.165) is 10.7 Å². The van der Waals surface area contributed by atoms with Crippen LogP contribution in [0.15, 0.2) is 0 Å². The van der Waals surface area contributed by atoms with Crippen LogP contribution in [0.3, 0.4) is 0 Å². The second-order valence-electron chi connectivity index (χ2n) is 3.01. The van der Waals surface area contributed by atoms with E-state index >= 15 is 0 Å². The summed E-state index contributed by atoms with van der Waals surface area (Å²) in [7, 11) is 0. The van der Waals surface area contributed by atoms with Gasteiger partial charge >= 0.3 is 0 Å². The topological polar surface area (TPSA) is 0 Å². The van der Waals surface area contributed by atoms with Crippen molar-refractivity contribution in [1.82, 2.24) is 0 Å². The molecule has 0 aliphatic rings. The highest BCUT2D eigenvalue weighted by atomic mass is 27.0. The van der Waals surface area contributed by atoms with E-state index in [0.29, 0.717) is 0 Å². The van der Waals surface area contributed by atoms with Crippen LogP contribution >= 0.6 is 0 Å². The van der Waals surface area contributed by atoms with Gasteiger partial charge in [-0.2, -0.15) is 0 Å². The minimum absolute atomic E-state index is 0.932. The van der Waals surface area contributed by atoms with E-state index < -0.39 is 0 Å². The lowest BCUT2D eigenvalue weighted by Gasteiger charge is -2.12. The Morgan fingerprint density at radius 3 is 2.00 bits per heavy atom. The van der Waals surface area contributed by atoms with Gasteiger partial charge in [0.2, 0.25) is 16.3 Å². The van der Waals surface area contributed by atoms with Crippen molar-refractivity contribution < 1.29 is 0 Å². The van der Waals surface area contributed by atoms with Crippen LogP contribution in [0.5, 0.6) is 0 Å². The normalized spacial score (nSPS) is 14.5. The van der Waals surface area contributed by atoms with Crippen LogP contribution in [0.4, 0.5) is 0 Å². The van der Waals surface area contributed by atoms with Gasteiger partial charge < -0.3 is 0 Å². The summed E-state index contributed by atoms with van der Waals surface area (Å²) >= 11 is 1.38. The average Bonchev–Trinajstić information content (AvgIpc) is 1.67. The molecule has 0 spiro atoms. The molecular weight excluding hydrogens is 111 g/mol. The lowest BCUT2D eigenvalue weighted by Crippen LogP contribution is -1.99. The second kappa shape index (κ2) is 4.42. The predicted molar refractivity (Wildman–Crippen MR) is 42.0 cm³/mol. The van der Waals surface area contributed by atoms with Gasteiger partial charge in [0.15, 0.2) is 0 Å². The molecule has 0 rings (SSSR count). The highest BCUT2D eigenvalue weighted by Crippen LogP contribution is 2.18. The Morgan fingerprint density at radius 2 is 1.88 bits per heavy atom. The summed E-state index contributed by atoms with van der Waals surface area (Å²) in [4.78, 5) is 0. The van der Waals surface area contributed by atoms with Crippen LogP contribution < -0.4 is 0 Å². The maximum absolute atomic E-state index is 2.33. The fourth-order valence-corrected chi connectivity index (χ4v) is 1.37. The molecule has 0 aromatic carbocycles. The number of rotatable bonds is 3. The van der Waals surface area contributed by atoms with Crippen molar-refractivity contribution in [2.24, 2.45) is 5.92 Å². The van der Waals surface area contributed by atoms with Gasteiger partial charge in [0.25, 0.3) is 0 Å². The first-order valence-corrected chi connectivity index (χ1v) is 4.84. The Balaban J connectivity index is 3.17. The maximum atomic E-state index is 2.33. The molecule has 1 heteroatoms. The van der Waals surface area contributed by atoms with Crippen molar-refractivity contribution in [2.45, 2.75) is 38.4 Å². The predicted octanol–water partition coefficient (Wildman–Crippen LogP) is 1.86. The maximum Gasteiger partial charge on any atom is 0.216 e. The molecule has 1 atom stereocenters. The third-order valence-corrected chi connectivity index (χ3v) is 3.79. The third kappa shape index (κ3) is 3.52. The average molecular weight is 128 g/mol. The van der Waals surface area contributed by atoms with Crippen molar-refractivity contribution in [1.29, 1.82) is 0 Å². The molecule has 1 unspecified atom stereocenters. The summed E-state index contributed by atoms with van der Waals surface area (Å²) in [5.74, 6) is 0.932. The van der Waals surface area contributed by atoms with Crippen molar-refractivity contribution >= 4 is 16.3 Å². The molecule has 0 bridgehead atoms. The molecule has 0 fully saturated rings. The van der Waals surface area contributed by atoms with Gasteiger partial charge in [-0.1, -0.05) is 44.3 Å². The lowest BCUT2D eigenvalue weighted by molar-refractivity contribution is 0.549. The minimum Gasteiger partial charge on any atom is -0.0880 e. The minimum atomic E-state index is 0.932. The SMILES string of the molecule is CCC[CH]([AlH2])C(C)C. The Morgan fingerprint density at radius 1 is 1.38 bits per heavy atom. The molecule has 0 N–H and O–H groups in total. The molecule has 48 valence electrons. The summed E-state index contributed by atoms with van der Waals surface area (Å²) in [5, 5.41) is 0. The Bertz CT molecular complexity index is 50.3. The van der Waals surface area contributed by atoms with Crippen LogP contribution in [0.1, 0.15) is 33.6 Å². The lowest BCUT2D eigenvalue weighted by atomic mass is 10.1. The van der Waals surface area contributed by atoms with E-state index in [9.17, 15) is 0 Å². The van der Waals surface area contributed by atoms with E-state index in [1.165, 1.54) is 29.1 Å². The molecule has 0 radical (unpaired) electrons. The number of hydrogen-bond acceptors (Lipinski definition) is 0. The van der Waals surface area contributed by atoms with Crippen molar-refractivity contribution in [3.05, 3.63) is 0 Å². The van der Waals surface area contributed by atoms with Gasteiger partial charge in [0.05, 0.1) is 0 Å². The third-order valence-electron chi connectivity index (χ3n) is 1.88. The first-order chi connectivity index (χ1) is 3.68. The van der Waals surface area contributed by atoms with Gasteiger partial charge in [-0.25, -0.2) is 0 Å². The zero-order valence-corrected chi connectivity index (χ0v) is 8.57. The molecule has 0 aromatic rings. The zero-order valence-electron chi connectivity index (χ0n) is 6.57. The second-order valence-corrected chi connectivity index (χ2v) is 4.49. The van der Waals surface area contributed by atoms with Crippen LogP contribution in [0, 0.1) is 5.92 Å². The van der Waals surface area contributed by atoms with E-state index in [4.69, 9.17) is 0 Å². The van der Waals surface area contributed by atoms with Crippen LogP contribution in [-0.4, -0.2) is 16.3 Å². The molecule has 0 heterocycles. The summed E-state index contributed by atoms with van der Waals surface area (Å²) in [6.45, 7) is 6.92. The smallest absolute Gasteiger partial charge is 0.0880 e. The fourth-order valence-electron chi connectivity index (χ4n) is 0.789. The van der Waals surface area contributed by atoms with Gasteiger partial charge in [-0.05, 0) is 0 Å². The summed E-state index contributed by atoms with van der Waals surface area (Å²) < 4.78 is 1.06. The highest BCUT2D eigenvalue weighted by Gasteiger charge is 2.03. The first-order valence-electron chi connectivity index (χ1n) is 3.68. The molecule has 0 aliphatic heterocycles. The summed E-state index contributed by atoms with van der Waals surface area (Å²) in [6.07, 6.45) is 2.82. The van der Waals surface area contributed by atoms with Crippen molar-refractivity contribution in [3.63, 3.8) is 0 Å². The Labute approximate surface area is 61.1 Å². The van der Waals surface area contributed by atoms with Gasteiger partial charge in [-0.15, -0.1) is 0 Å². The standard InChI is InChI=1S/C7H15.Al.2H/c1-4-5-6-7(2)3;;;/h6-7H,4-5H2,1-3H3;;;. The van der Waals surface area contributed by atoms with E-state index in [-0.39, 0.29) is 0 Å². The zero-order chi connectivity index (χ0) is 6.57. The number of hydrogen-bond donors (Lipinski definition) is 0. The summed E-state index contributed by atoms with van der Waals surface area (Å²) in [6, 6.07) is 0. The Hall–Kier alpha value is 0.532. The monoisotopic (exact) mass is 128 g/mol. The quantitative estimate of drug-likeness (QED) is 0.509. The summed E-state index contributed by atoms with van der Waals surface area (Å²) in [5.41, 5.74) is 0. The molecule has 0 saturated heterocycles. The fraction of sp³-hybridized carbons (Fsp3) is 1.00. The molecule has 8 heavy (non-hydrogen) atoms. The van der Waals surface area contributed by atoms with Gasteiger partial charge in [0.1, 0.15) is 0 Å². The van der Waals surface area contributed by atoms with Crippen LogP contribution in [0.2, 0.25) is 4.78 Å².